The first-order chi connectivity index (χ1) is 6.60. The summed E-state index contributed by atoms with van der Waals surface area (Å²) >= 11 is 5.66. The summed E-state index contributed by atoms with van der Waals surface area (Å²) in [5.41, 5.74) is -0.194. The molecule has 0 bridgehead atoms. The smallest absolute Gasteiger partial charge is 0.293 e. The van der Waals surface area contributed by atoms with Crippen molar-refractivity contribution < 1.29 is 9.66 Å². The standard InChI is InChI=1S/C8H5ClN2O3/c1-14-7-3-5(4-10)2-6(8(7)9)11(12)13/h2-3H,1H3. The van der Waals surface area contributed by atoms with Crippen LogP contribution in [0.15, 0.2) is 12.1 Å². The molecule has 6 heteroatoms. The lowest BCUT2D eigenvalue weighted by molar-refractivity contribution is -0.384. The van der Waals surface area contributed by atoms with Crippen LogP contribution in [0.4, 0.5) is 5.69 Å². The number of nitriles is 1. The molecule has 0 N–H and O–H groups in total. The van der Waals surface area contributed by atoms with Crippen LogP contribution in [0, 0.1) is 21.4 Å². The Labute approximate surface area is 84.6 Å². The maximum Gasteiger partial charge on any atom is 0.293 e. The van der Waals surface area contributed by atoms with Crippen LogP contribution in [0.25, 0.3) is 0 Å². The SMILES string of the molecule is COc1cc(C#N)cc([N+](=O)[O-])c1Cl. The van der Waals surface area contributed by atoms with Gasteiger partial charge >= 0.3 is 0 Å². The van der Waals surface area contributed by atoms with Gasteiger partial charge in [0.05, 0.1) is 23.7 Å². The monoisotopic (exact) mass is 212 g/mol. The fourth-order valence-corrected chi connectivity index (χ4v) is 1.18. The van der Waals surface area contributed by atoms with E-state index in [1.807, 2.05) is 0 Å². The molecule has 0 saturated heterocycles. The number of nitrogens with zero attached hydrogens (tertiary/aromatic N) is 2. The van der Waals surface area contributed by atoms with E-state index in [-0.39, 0.29) is 22.0 Å². The Bertz CT molecular complexity index is 425. The second-order valence-electron chi connectivity index (χ2n) is 2.38. The first-order valence-electron chi connectivity index (χ1n) is 3.52. The Kier molecular flexibility index (Phi) is 2.89. The zero-order chi connectivity index (χ0) is 10.7. The first-order valence-corrected chi connectivity index (χ1v) is 3.90. The largest absolute Gasteiger partial charge is 0.495 e. The first kappa shape index (κ1) is 10.3. The van der Waals surface area contributed by atoms with E-state index < -0.39 is 4.92 Å². The minimum Gasteiger partial charge on any atom is -0.495 e. The Balaban J connectivity index is 3.44. The molecule has 0 amide bonds. The van der Waals surface area contributed by atoms with Gasteiger partial charge in [0.15, 0.2) is 5.02 Å². The van der Waals surface area contributed by atoms with Crippen molar-refractivity contribution in [2.24, 2.45) is 0 Å². The summed E-state index contributed by atoms with van der Waals surface area (Å²) in [6.07, 6.45) is 0. The number of hydrogen-bond donors (Lipinski definition) is 0. The molecule has 0 unspecified atom stereocenters. The molecule has 14 heavy (non-hydrogen) atoms. The third kappa shape index (κ3) is 1.75. The number of rotatable bonds is 2. The lowest BCUT2D eigenvalue weighted by Gasteiger charge is -2.03. The average molecular weight is 213 g/mol. The van der Waals surface area contributed by atoms with E-state index >= 15 is 0 Å². The van der Waals surface area contributed by atoms with E-state index in [0.29, 0.717) is 0 Å². The zero-order valence-corrected chi connectivity index (χ0v) is 7.91. The van der Waals surface area contributed by atoms with E-state index in [4.69, 9.17) is 21.6 Å². The van der Waals surface area contributed by atoms with Gasteiger partial charge in [0, 0.05) is 6.07 Å². The highest BCUT2D eigenvalue weighted by atomic mass is 35.5. The fraction of sp³-hybridized carbons (Fsp3) is 0.125. The molecule has 72 valence electrons. The van der Waals surface area contributed by atoms with Gasteiger partial charge in [-0.15, -0.1) is 0 Å². The number of benzene rings is 1. The molecule has 0 fully saturated rings. The van der Waals surface area contributed by atoms with E-state index in [2.05, 4.69) is 0 Å². The zero-order valence-electron chi connectivity index (χ0n) is 7.15. The third-order valence-corrected chi connectivity index (χ3v) is 1.95. The number of nitro groups is 1. The normalized spacial score (nSPS) is 9.21. The number of ether oxygens (including phenoxy) is 1. The van der Waals surface area contributed by atoms with E-state index in [1.165, 1.54) is 13.2 Å². The van der Waals surface area contributed by atoms with Crippen molar-refractivity contribution in [3.63, 3.8) is 0 Å². The molecule has 1 rings (SSSR count). The summed E-state index contributed by atoms with van der Waals surface area (Å²) in [6, 6.07) is 4.23. The van der Waals surface area contributed by atoms with Crippen molar-refractivity contribution in [2.45, 2.75) is 0 Å². The molecular formula is C8H5ClN2O3. The van der Waals surface area contributed by atoms with Gasteiger partial charge in [-0.05, 0) is 6.07 Å². The molecule has 5 nitrogen and oxygen atoms in total. The average Bonchev–Trinajstić information content (AvgIpc) is 2.17. The summed E-state index contributed by atoms with van der Waals surface area (Å²) in [6.45, 7) is 0. The van der Waals surface area contributed by atoms with Crippen molar-refractivity contribution in [3.05, 3.63) is 32.8 Å². The van der Waals surface area contributed by atoms with Crippen molar-refractivity contribution in [1.82, 2.24) is 0 Å². The van der Waals surface area contributed by atoms with Gasteiger partial charge in [0.2, 0.25) is 0 Å². The Morgan fingerprint density at radius 3 is 2.71 bits per heavy atom. The van der Waals surface area contributed by atoms with Gasteiger partial charge < -0.3 is 4.74 Å². The summed E-state index contributed by atoms with van der Waals surface area (Å²) in [7, 11) is 1.33. The minimum absolute atomic E-state index is 0.100. The quantitative estimate of drug-likeness (QED) is 0.556. The molecular weight excluding hydrogens is 208 g/mol. The van der Waals surface area contributed by atoms with Crippen LogP contribution in [-0.2, 0) is 0 Å². The molecule has 0 aliphatic heterocycles. The van der Waals surface area contributed by atoms with Crippen molar-refractivity contribution >= 4 is 17.3 Å². The topological polar surface area (TPSA) is 76.2 Å². The van der Waals surface area contributed by atoms with Crippen LogP contribution in [-0.4, -0.2) is 12.0 Å². The Hall–Kier alpha value is -1.80. The van der Waals surface area contributed by atoms with Crippen LogP contribution in [0.3, 0.4) is 0 Å². The van der Waals surface area contributed by atoms with Gasteiger partial charge in [0.25, 0.3) is 5.69 Å². The number of hydrogen-bond acceptors (Lipinski definition) is 4. The molecule has 0 aliphatic rings. The number of halogens is 1. The molecule has 0 aromatic heterocycles. The predicted molar refractivity (Wildman–Crippen MR) is 49.4 cm³/mol. The van der Waals surface area contributed by atoms with Gasteiger partial charge in [0.1, 0.15) is 5.75 Å². The maximum atomic E-state index is 10.5. The highest BCUT2D eigenvalue weighted by molar-refractivity contribution is 6.34. The molecule has 0 aliphatic carbocycles. The Morgan fingerprint density at radius 1 is 1.64 bits per heavy atom. The van der Waals surface area contributed by atoms with E-state index in [9.17, 15) is 10.1 Å². The third-order valence-electron chi connectivity index (χ3n) is 1.57. The van der Waals surface area contributed by atoms with Crippen LogP contribution in [0.2, 0.25) is 5.02 Å². The van der Waals surface area contributed by atoms with Gasteiger partial charge in [-0.3, -0.25) is 10.1 Å². The van der Waals surface area contributed by atoms with Gasteiger partial charge in [-0.2, -0.15) is 5.26 Å². The number of nitro benzene ring substituents is 1. The molecule has 0 saturated carbocycles. The van der Waals surface area contributed by atoms with Gasteiger partial charge in [-0.1, -0.05) is 11.6 Å². The lowest BCUT2D eigenvalue weighted by Crippen LogP contribution is -1.93. The summed E-state index contributed by atoms with van der Waals surface area (Å²) < 4.78 is 4.79. The molecule has 0 spiro atoms. The highest BCUT2D eigenvalue weighted by Gasteiger charge is 2.18. The molecule has 0 atom stereocenters. The van der Waals surface area contributed by atoms with Crippen LogP contribution in [0.1, 0.15) is 5.56 Å². The molecule has 0 heterocycles. The predicted octanol–water partition coefficient (Wildman–Crippen LogP) is 2.13. The van der Waals surface area contributed by atoms with E-state index in [1.54, 1.807) is 6.07 Å². The van der Waals surface area contributed by atoms with Crippen LogP contribution >= 0.6 is 11.6 Å². The fourth-order valence-electron chi connectivity index (χ4n) is 0.929. The summed E-state index contributed by atoms with van der Waals surface area (Å²) in [5, 5.41) is 19.0. The second kappa shape index (κ2) is 3.94. The highest BCUT2D eigenvalue weighted by Crippen LogP contribution is 2.34. The van der Waals surface area contributed by atoms with Crippen LogP contribution in [0.5, 0.6) is 5.75 Å². The lowest BCUT2D eigenvalue weighted by atomic mass is 10.2. The number of methoxy groups -OCH3 is 1. The van der Waals surface area contributed by atoms with Crippen molar-refractivity contribution in [1.29, 1.82) is 5.26 Å². The van der Waals surface area contributed by atoms with E-state index in [0.717, 1.165) is 6.07 Å². The minimum atomic E-state index is -0.661. The summed E-state index contributed by atoms with van der Waals surface area (Å²) in [4.78, 5) is 9.85. The second-order valence-corrected chi connectivity index (χ2v) is 2.76. The van der Waals surface area contributed by atoms with Gasteiger partial charge in [-0.25, -0.2) is 0 Å². The maximum absolute atomic E-state index is 10.5. The van der Waals surface area contributed by atoms with Crippen LogP contribution < -0.4 is 4.74 Å². The van der Waals surface area contributed by atoms with Crippen molar-refractivity contribution in [2.75, 3.05) is 7.11 Å². The molecule has 1 aromatic carbocycles. The Morgan fingerprint density at radius 2 is 2.29 bits per heavy atom. The molecule has 0 radical (unpaired) electrons. The molecule has 1 aromatic rings. The van der Waals surface area contributed by atoms with Crippen molar-refractivity contribution in [3.8, 4) is 11.8 Å². The summed E-state index contributed by atoms with van der Waals surface area (Å²) in [5.74, 6) is 0.123.